The maximum Gasteiger partial charge on any atom is 0.130 e. The molecule has 0 fully saturated rings. The molecule has 2 rings (SSSR count). The van der Waals surface area contributed by atoms with Crippen LogP contribution in [0.4, 0.5) is 5.82 Å². The van der Waals surface area contributed by atoms with Crippen LogP contribution in [0.5, 0.6) is 0 Å². The molecule has 0 radical (unpaired) electrons. The second-order valence-electron chi connectivity index (χ2n) is 3.58. The molecule has 0 amide bonds. The SMILES string of the molecule is CC.CC.CCCCC.Nc1ncnc2c1CC=C2. The lowest BCUT2D eigenvalue weighted by Crippen LogP contribution is -1.98. The van der Waals surface area contributed by atoms with Gasteiger partial charge in [-0.2, -0.15) is 0 Å². The van der Waals surface area contributed by atoms with Crippen molar-refractivity contribution in [3.05, 3.63) is 23.7 Å². The largest absolute Gasteiger partial charge is 0.383 e. The summed E-state index contributed by atoms with van der Waals surface area (Å²) in [6, 6.07) is 0. The molecule has 3 heteroatoms. The Morgan fingerprint density at radius 2 is 1.63 bits per heavy atom. The number of hydrogen-bond acceptors (Lipinski definition) is 3. The highest BCUT2D eigenvalue weighted by Gasteiger charge is 2.08. The minimum atomic E-state index is 0.606. The van der Waals surface area contributed by atoms with E-state index < -0.39 is 0 Å². The Balaban J connectivity index is 0. The molecule has 0 unspecified atom stereocenters. The van der Waals surface area contributed by atoms with E-state index in [1.54, 1.807) is 0 Å². The van der Waals surface area contributed by atoms with Gasteiger partial charge in [0.1, 0.15) is 12.1 Å². The number of fused-ring (bicyclic) bond motifs is 1. The predicted octanol–water partition coefficient (Wildman–Crippen LogP) is 4.88. The summed E-state index contributed by atoms with van der Waals surface area (Å²) in [6.07, 6.45) is 10.4. The summed E-state index contributed by atoms with van der Waals surface area (Å²) in [5, 5.41) is 0. The minimum absolute atomic E-state index is 0.606. The molecule has 1 aliphatic rings. The lowest BCUT2D eigenvalue weighted by Gasteiger charge is -1.98. The maximum absolute atomic E-state index is 5.58. The smallest absolute Gasteiger partial charge is 0.130 e. The van der Waals surface area contributed by atoms with Crippen LogP contribution in [0.1, 0.15) is 72.1 Å². The fourth-order valence-corrected chi connectivity index (χ4v) is 1.44. The predicted molar refractivity (Wildman–Crippen MR) is 87.1 cm³/mol. The summed E-state index contributed by atoms with van der Waals surface area (Å²) in [5.41, 5.74) is 7.60. The van der Waals surface area contributed by atoms with Crippen LogP contribution in [0.15, 0.2) is 12.4 Å². The van der Waals surface area contributed by atoms with Crippen molar-refractivity contribution in [1.82, 2.24) is 9.97 Å². The van der Waals surface area contributed by atoms with Crippen molar-refractivity contribution in [1.29, 1.82) is 0 Å². The Bertz CT molecular complexity index is 331. The molecular weight excluding hydrogens is 234 g/mol. The second-order valence-corrected chi connectivity index (χ2v) is 3.58. The van der Waals surface area contributed by atoms with Gasteiger partial charge in [-0.15, -0.1) is 0 Å². The maximum atomic E-state index is 5.58. The Labute approximate surface area is 119 Å². The molecule has 2 N–H and O–H groups in total. The van der Waals surface area contributed by atoms with Gasteiger partial charge in [-0.3, -0.25) is 0 Å². The van der Waals surface area contributed by atoms with E-state index >= 15 is 0 Å². The summed E-state index contributed by atoms with van der Waals surface area (Å²) in [6.45, 7) is 12.4. The summed E-state index contributed by atoms with van der Waals surface area (Å²) >= 11 is 0. The fraction of sp³-hybridized carbons (Fsp3) is 0.625. The van der Waals surface area contributed by atoms with Crippen molar-refractivity contribution in [2.24, 2.45) is 0 Å². The lowest BCUT2D eigenvalue weighted by molar-refractivity contribution is 0.772. The summed E-state index contributed by atoms with van der Waals surface area (Å²) < 4.78 is 0. The molecular formula is C16H31N3. The van der Waals surface area contributed by atoms with Crippen LogP contribution in [0.2, 0.25) is 0 Å². The van der Waals surface area contributed by atoms with Gasteiger partial charge in [0.05, 0.1) is 5.69 Å². The minimum Gasteiger partial charge on any atom is -0.383 e. The monoisotopic (exact) mass is 265 g/mol. The molecule has 1 aromatic rings. The molecule has 0 bridgehead atoms. The van der Waals surface area contributed by atoms with E-state index in [1.807, 2.05) is 39.8 Å². The Morgan fingerprint density at radius 3 is 2.05 bits per heavy atom. The quantitative estimate of drug-likeness (QED) is 0.829. The van der Waals surface area contributed by atoms with Crippen molar-refractivity contribution >= 4 is 11.9 Å². The Hall–Kier alpha value is -1.38. The molecule has 1 aliphatic carbocycles. The Morgan fingerprint density at radius 1 is 1.05 bits per heavy atom. The number of nitrogen functional groups attached to an aromatic ring is 1. The number of nitrogens with zero attached hydrogens (tertiary/aromatic N) is 2. The Kier molecular flexibility index (Phi) is 15.4. The average Bonchev–Trinajstić information content (AvgIpc) is 2.95. The van der Waals surface area contributed by atoms with Crippen LogP contribution in [-0.4, -0.2) is 9.97 Å². The number of nitrogens with two attached hydrogens (primary N) is 1. The number of anilines is 1. The highest BCUT2D eigenvalue weighted by molar-refractivity contribution is 5.61. The van der Waals surface area contributed by atoms with E-state index in [2.05, 4.69) is 23.8 Å². The molecule has 0 atom stereocenters. The summed E-state index contributed by atoms with van der Waals surface area (Å²) in [4.78, 5) is 7.92. The fourth-order valence-electron chi connectivity index (χ4n) is 1.44. The van der Waals surface area contributed by atoms with Gasteiger partial charge in [0, 0.05) is 5.56 Å². The first kappa shape index (κ1) is 19.9. The van der Waals surface area contributed by atoms with Crippen molar-refractivity contribution < 1.29 is 0 Å². The van der Waals surface area contributed by atoms with Gasteiger partial charge < -0.3 is 5.73 Å². The van der Waals surface area contributed by atoms with Gasteiger partial charge in [-0.05, 0) is 12.5 Å². The number of hydrogen-bond donors (Lipinski definition) is 1. The van der Waals surface area contributed by atoms with E-state index in [0.29, 0.717) is 5.82 Å². The molecule has 3 nitrogen and oxygen atoms in total. The molecule has 0 saturated heterocycles. The zero-order chi connectivity index (χ0) is 15.1. The third-order valence-electron chi connectivity index (χ3n) is 2.32. The van der Waals surface area contributed by atoms with Gasteiger partial charge in [0.25, 0.3) is 0 Å². The molecule has 0 spiro atoms. The lowest BCUT2D eigenvalue weighted by atomic mass is 10.2. The van der Waals surface area contributed by atoms with Gasteiger partial charge in [0.15, 0.2) is 0 Å². The van der Waals surface area contributed by atoms with Crippen LogP contribution in [-0.2, 0) is 6.42 Å². The summed E-state index contributed by atoms with van der Waals surface area (Å²) in [7, 11) is 0. The van der Waals surface area contributed by atoms with Crippen molar-refractivity contribution in [3.8, 4) is 0 Å². The second kappa shape index (κ2) is 14.7. The standard InChI is InChI=1S/C7H7N3.C5H12.2C2H6/c8-7-5-2-1-3-6(5)9-4-10-7;1-3-5-4-2;2*1-2/h1,3-4H,2H2,(H2,8,9,10);3-5H2,1-2H3;2*1-2H3. The van der Waals surface area contributed by atoms with Crippen molar-refractivity contribution in [2.45, 2.75) is 67.2 Å². The highest BCUT2D eigenvalue weighted by atomic mass is 14.9. The number of allylic oxidation sites excluding steroid dienone is 1. The molecule has 1 heterocycles. The summed E-state index contributed by atoms with van der Waals surface area (Å²) in [5.74, 6) is 0.606. The van der Waals surface area contributed by atoms with E-state index in [0.717, 1.165) is 17.7 Å². The number of unbranched alkanes of at least 4 members (excludes halogenated alkanes) is 2. The van der Waals surface area contributed by atoms with E-state index in [9.17, 15) is 0 Å². The molecule has 110 valence electrons. The van der Waals surface area contributed by atoms with Gasteiger partial charge in [0.2, 0.25) is 0 Å². The molecule has 1 aromatic heterocycles. The highest BCUT2D eigenvalue weighted by Crippen LogP contribution is 2.19. The van der Waals surface area contributed by atoms with Crippen molar-refractivity contribution in [3.63, 3.8) is 0 Å². The topological polar surface area (TPSA) is 51.8 Å². The van der Waals surface area contributed by atoms with Crippen LogP contribution in [0.25, 0.3) is 6.08 Å². The molecule has 0 aliphatic heterocycles. The zero-order valence-corrected chi connectivity index (χ0v) is 13.5. The third-order valence-corrected chi connectivity index (χ3v) is 2.32. The first-order valence-corrected chi connectivity index (χ1v) is 7.55. The normalized spacial score (nSPS) is 10.0. The van der Waals surface area contributed by atoms with Crippen LogP contribution in [0, 0.1) is 0 Å². The van der Waals surface area contributed by atoms with Crippen LogP contribution in [0.3, 0.4) is 0 Å². The first-order chi connectivity index (χ1) is 9.29. The average molecular weight is 265 g/mol. The van der Waals surface area contributed by atoms with E-state index in [1.165, 1.54) is 25.6 Å². The third kappa shape index (κ3) is 8.36. The number of aromatic nitrogens is 2. The van der Waals surface area contributed by atoms with Crippen LogP contribution >= 0.6 is 0 Å². The van der Waals surface area contributed by atoms with Crippen molar-refractivity contribution in [2.75, 3.05) is 5.73 Å². The molecule has 19 heavy (non-hydrogen) atoms. The van der Waals surface area contributed by atoms with Crippen LogP contribution < -0.4 is 5.73 Å². The molecule has 0 saturated carbocycles. The van der Waals surface area contributed by atoms with E-state index in [4.69, 9.17) is 5.73 Å². The molecule has 0 aromatic carbocycles. The van der Waals surface area contributed by atoms with E-state index in [-0.39, 0.29) is 0 Å². The first-order valence-electron chi connectivity index (χ1n) is 7.55. The van der Waals surface area contributed by atoms with Gasteiger partial charge in [-0.1, -0.05) is 66.9 Å². The zero-order valence-electron chi connectivity index (χ0n) is 13.5. The van der Waals surface area contributed by atoms with Gasteiger partial charge >= 0.3 is 0 Å². The van der Waals surface area contributed by atoms with Gasteiger partial charge in [-0.25, -0.2) is 9.97 Å². The number of rotatable bonds is 2.